The average Bonchev–Trinajstić information content (AvgIpc) is 2.80. The highest BCUT2D eigenvalue weighted by Gasteiger charge is 2.72. The molecule has 6 nitrogen and oxygen atoms in total. The van der Waals surface area contributed by atoms with Gasteiger partial charge in [0.05, 0.1) is 17.5 Å². The van der Waals surface area contributed by atoms with E-state index in [0.717, 1.165) is 4.90 Å². The van der Waals surface area contributed by atoms with Gasteiger partial charge in [-0.2, -0.15) is 0 Å². The van der Waals surface area contributed by atoms with Gasteiger partial charge in [-0.1, -0.05) is 13.8 Å². The van der Waals surface area contributed by atoms with Gasteiger partial charge in [0, 0.05) is 6.20 Å². The third-order valence-corrected chi connectivity index (χ3v) is 4.03. The first-order valence-electron chi connectivity index (χ1n) is 5.93. The number of hydrogen-bond acceptors (Lipinski definition) is 4. The van der Waals surface area contributed by atoms with Gasteiger partial charge in [-0.3, -0.25) is 9.59 Å². The quantitative estimate of drug-likeness (QED) is 0.799. The molecule has 0 radical (unpaired) electrons. The van der Waals surface area contributed by atoms with Gasteiger partial charge in [0.2, 0.25) is 11.8 Å². The van der Waals surface area contributed by atoms with Crippen LogP contribution in [-0.4, -0.2) is 27.9 Å². The summed E-state index contributed by atoms with van der Waals surface area (Å²) in [6.07, 6.45) is 1.32. The van der Waals surface area contributed by atoms with Crippen molar-refractivity contribution >= 4 is 23.5 Å². The number of pyridine rings is 1. The highest BCUT2D eigenvalue weighted by atomic mass is 16.4. The van der Waals surface area contributed by atoms with Crippen LogP contribution in [0.25, 0.3) is 0 Å². The fourth-order valence-corrected chi connectivity index (χ4v) is 2.93. The molecule has 2 unspecified atom stereocenters. The number of carbonyl (C=O) groups excluding carboxylic acids is 2. The SMILES string of the molecule is CC1(C)C2C(=O)N(c3cccnc3C(=O)O)C(=O)C21. The molecule has 2 heterocycles. The summed E-state index contributed by atoms with van der Waals surface area (Å²) < 4.78 is 0. The molecule has 19 heavy (non-hydrogen) atoms. The van der Waals surface area contributed by atoms with Gasteiger partial charge in [0.15, 0.2) is 5.69 Å². The molecule has 1 saturated carbocycles. The van der Waals surface area contributed by atoms with Crippen LogP contribution in [0.5, 0.6) is 0 Å². The summed E-state index contributed by atoms with van der Waals surface area (Å²) in [5.74, 6) is -2.56. The van der Waals surface area contributed by atoms with Crippen LogP contribution >= 0.6 is 0 Å². The van der Waals surface area contributed by atoms with E-state index in [1.54, 1.807) is 0 Å². The number of carboxylic acids is 1. The molecule has 2 aliphatic rings. The molecule has 1 N–H and O–H groups in total. The summed E-state index contributed by atoms with van der Waals surface area (Å²) in [6, 6.07) is 2.95. The Balaban J connectivity index is 2.05. The topological polar surface area (TPSA) is 87.6 Å². The molecule has 3 rings (SSSR count). The van der Waals surface area contributed by atoms with Gasteiger partial charge >= 0.3 is 5.97 Å². The number of nitrogens with zero attached hydrogens (tertiary/aromatic N) is 2. The van der Waals surface area contributed by atoms with Crippen LogP contribution in [0.1, 0.15) is 24.3 Å². The van der Waals surface area contributed by atoms with E-state index < -0.39 is 5.97 Å². The third kappa shape index (κ3) is 1.36. The lowest BCUT2D eigenvalue weighted by Gasteiger charge is -2.21. The zero-order chi connectivity index (χ0) is 13.9. The molecule has 2 atom stereocenters. The molecule has 1 saturated heterocycles. The third-order valence-electron chi connectivity index (χ3n) is 4.03. The molecule has 0 bridgehead atoms. The lowest BCUT2D eigenvalue weighted by atomic mass is 10.0. The summed E-state index contributed by atoms with van der Waals surface area (Å²) in [4.78, 5) is 40.3. The first-order valence-corrected chi connectivity index (χ1v) is 5.93. The second-order valence-electron chi connectivity index (χ2n) is 5.46. The van der Waals surface area contributed by atoms with Crippen molar-refractivity contribution in [2.24, 2.45) is 17.3 Å². The summed E-state index contributed by atoms with van der Waals surface area (Å²) >= 11 is 0. The van der Waals surface area contributed by atoms with Crippen LogP contribution in [0.2, 0.25) is 0 Å². The zero-order valence-corrected chi connectivity index (χ0v) is 10.5. The number of fused-ring (bicyclic) bond motifs is 1. The normalized spacial score (nSPS) is 27.4. The van der Waals surface area contributed by atoms with Crippen molar-refractivity contribution in [1.82, 2.24) is 4.98 Å². The van der Waals surface area contributed by atoms with Crippen molar-refractivity contribution in [3.63, 3.8) is 0 Å². The van der Waals surface area contributed by atoms with E-state index in [-0.39, 0.29) is 40.4 Å². The number of carboxylic acid groups (broad SMARTS) is 1. The Labute approximate surface area is 109 Å². The van der Waals surface area contributed by atoms with Crippen LogP contribution in [0, 0.1) is 17.3 Å². The molecule has 1 aliphatic heterocycles. The average molecular weight is 260 g/mol. The highest BCUT2D eigenvalue weighted by molar-refractivity contribution is 6.26. The van der Waals surface area contributed by atoms with Gasteiger partial charge in [-0.25, -0.2) is 14.7 Å². The minimum Gasteiger partial charge on any atom is -0.476 e. The molecule has 98 valence electrons. The predicted molar refractivity (Wildman–Crippen MR) is 64.5 cm³/mol. The zero-order valence-electron chi connectivity index (χ0n) is 10.5. The van der Waals surface area contributed by atoms with Crippen molar-refractivity contribution in [1.29, 1.82) is 0 Å². The fraction of sp³-hybridized carbons (Fsp3) is 0.385. The number of rotatable bonds is 2. The lowest BCUT2D eigenvalue weighted by molar-refractivity contribution is -0.125. The van der Waals surface area contributed by atoms with Crippen molar-refractivity contribution in [3.8, 4) is 0 Å². The minimum absolute atomic E-state index is 0.0630. The van der Waals surface area contributed by atoms with E-state index in [4.69, 9.17) is 5.11 Å². The maximum Gasteiger partial charge on any atom is 0.356 e. The maximum absolute atomic E-state index is 12.2. The fourth-order valence-electron chi connectivity index (χ4n) is 2.93. The van der Waals surface area contributed by atoms with E-state index in [1.165, 1.54) is 18.3 Å². The van der Waals surface area contributed by atoms with Crippen molar-refractivity contribution < 1.29 is 19.5 Å². The van der Waals surface area contributed by atoms with Crippen LogP contribution in [0.4, 0.5) is 5.69 Å². The van der Waals surface area contributed by atoms with Gasteiger partial charge in [-0.15, -0.1) is 0 Å². The molecular weight excluding hydrogens is 248 g/mol. The predicted octanol–water partition coefficient (Wildman–Crippen LogP) is 0.925. The Hall–Kier alpha value is -2.24. The Morgan fingerprint density at radius 3 is 2.42 bits per heavy atom. The number of anilines is 1. The van der Waals surface area contributed by atoms with Gasteiger partial charge in [0.1, 0.15) is 0 Å². The van der Waals surface area contributed by atoms with Crippen LogP contribution < -0.4 is 4.90 Å². The van der Waals surface area contributed by atoms with Crippen molar-refractivity contribution in [3.05, 3.63) is 24.0 Å². The Morgan fingerprint density at radius 1 is 1.32 bits per heavy atom. The standard InChI is InChI=1S/C13H12N2O4/c1-13(2)7-8(13)11(17)15(10(7)16)6-4-3-5-14-9(6)12(18)19/h3-5,7-8H,1-2H3,(H,18,19). The van der Waals surface area contributed by atoms with Crippen LogP contribution in [0.15, 0.2) is 18.3 Å². The smallest absolute Gasteiger partial charge is 0.356 e. The molecule has 0 aromatic carbocycles. The summed E-state index contributed by atoms with van der Waals surface area (Å²) in [5, 5.41) is 9.07. The van der Waals surface area contributed by atoms with E-state index in [9.17, 15) is 14.4 Å². The van der Waals surface area contributed by atoms with E-state index >= 15 is 0 Å². The Morgan fingerprint density at radius 2 is 1.89 bits per heavy atom. The molecule has 1 aromatic heterocycles. The van der Waals surface area contributed by atoms with E-state index in [0.29, 0.717) is 0 Å². The van der Waals surface area contributed by atoms with E-state index in [2.05, 4.69) is 4.98 Å². The number of imide groups is 1. The number of amides is 2. The van der Waals surface area contributed by atoms with Gasteiger partial charge < -0.3 is 5.11 Å². The molecule has 2 fully saturated rings. The molecule has 6 heteroatoms. The second-order valence-corrected chi connectivity index (χ2v) is 5.46. The number of aromatic carboxylic acids is 1. The maximum atomic E-state index is 12.2. The molecule has 2 amide bonds. The largest absolute Gasteiger partial charge is 0.476 e. The minimum atomic E-state index is -1.25. The second kappa shape index (κ2) is 3.40. The Bertz CT molecular complexity index is 599. The van der Waals surface area contributed by atoms with Crippen molar-refractivity contribution in [2.45, 2.75) is 13.8 Å². The monoisotopic (exact) mass is 260 g/mol. The Kier molecular flexibility index (Phi) is 2.12. The number of aromatic nitrogens is 1. The number of hydrogen-bond donors (Lipinski definition) is 1. The van der Waals surface area contributed by atoms with Crippen LogP contribution in [0.3, 0.4) is 0 Å². The first-order chi connectivity index (χ1) is 8.87. The van der Waals surface area contributed by atoms with Crippen molar-refractivity contribution in [2.75, 3.05) is 4.90 Å². The first kappa shape index (κ1) is 11.8. The number of carbonyl (C=O) groups is 3. The summed E-state index contributed by atoms with van der Waals surface area (Å²) in [7, 11) is 0. The summed E-state index contributed by atoms with van der Waals surface area (Å²) in [5.41, 5.74) is -0.521. The van der Waals surface area contributed by atoms with Gasteiger partial charge in [0.25, 0.3) is 0 Å². The summed E-state index contributed by atoms with van der Waals surface area (Å²) in [6.45, 7) is 3.74. The molecular formula is C13H12N2O4. The molecule has 1 aromatic rings. The van der Waals surface area contributed by atoms with Gasteiger partial charge in [-0.05, 0) is 17.5 Å². The molecule has 0 spiro atoms. The van der Waals surface area contributed by atoms with E-state index in [1.807, 2.05) is 13.8 Å². The molecule has 1 aliphatic carbocycles. The highest BCUT2D eigenvalue weighted by Crippen LogP contribution is 2.63. The van der Waals surface area contributed by atoms with Crippen LogP contribution in [-0.2, 0) is 9.59 Å². The lowest BCUT2D eigenvalue weighted by Crippen LogP contribution is -2.37. The number of piperidine rings is 1.